The highest BCUT2D eigenvalue weighted by atomic mass is 32.2. The Kier molecular flexibility index (Phi) is 7.33. The molecule has 2 heterocycles. The van der Waals surface area contributed by atoms with Gasteiger partial charge in [0.2, 0.25) is 15.9 Å². The van der Waals surface area contributed by atoms with Gasteiger partial charge in [-0.05, 0) is 61.1 Å². The first-order valence-corrected chi connectivity index (χ1v) is 13.0. The maximum absolute atomic E-state index is 13.3. The molecule has 4 rings (SSSR count). The van der Waals surface area contributed by atoms with E-state index in [9.17, 15) is 13.2 Å². The molecule has 0 aromatic heterocycles. The lowest BCUT2D eigenvalue weighted by Crippen LogP contribution is -2.39. The predicted molar refractivity (Wildman–Crippen MR) is 127 cm³/mol. The van der Waals surface area contributed by atoms with Gasteiger partial charge in [-0.15, -0.1) is 0 Å². The highest BCUT2D eigenvalue weighted by molar-refractivity contribution is 7.89. The molecule has 1 amide bonds. The van der Waals surface area contributed by atoms with Crippen LogP contribution in [0.4, 0.5) is 5.69 Å². The molecule has 3 N–H and O–H groups in total. The van der Waals surface area contributed by atoms with Crippen molar-refractivity contribution in [1.29, 1.82) is 0 Å². The first-order chi connectivity index (χ1) is 15.9. The van der Waals surface area contributed by atoms with E-state index in [4.69, 9.17) is 4.74 Å². The fourth-order valence-corrected chi connectivity index (χ4v) is 6.11. The van der Waals surface area contributed by atoms with Gasteiger partial charge < -0.3 is 10.1 Å². The number of anilines is 1. The van der Waals surface area contributed by atoms with Crippen molar-refractivity contribution in [2.75, 3.05) is 25.5 Å². The summed E-state index contributed by atoms with van der Waals surface area (Å²) in [5.41, 5.74) is 8.92. The minimum absolute atomic E-state index is 0.132. The molecule has 9 heteroatoms. The van der Waals surface area contributed by atoms with Crippen LogP contribution in [0, 0.1) is 0 Å². The molecular weight excluding hydrogens is 440 g/mol. The van der Waals surface area contributed by atoms with Gasteiger partial charge >= 0.3 is 0 Å². The molecule has 2 aliphatic heterocycles. The van der Waals surface area contributed by atoms with Gasteiger partial charge in [0, 0.05) is 24.8 Å². The summed E-state index contributed by atoms with van der Waals surface area (Å²) in [5, 5.41) is 2.96. The second-order valence-electron chi connectivity index (χ2n) is 8.55. The fourth-order valence-electron chi connectivity index (χ4n) is 4.40. The van der Waals surface area contributed by atoms with E-state index in [1.807, 2.05) is 30.3 Å². The van der Waals surface area contributed by atoms with Crippen molar-refractivity contribution in [3.05, 3.63) is 53.6 Å². The predicted octanol–water partition coefficient (Wildman–Crippen LogP) is 2.98. The lowest BCUT2D eigenvalue weighted by atomic mass is 10.0. The number of benzene rings is 2. The average molecular weight is 473 g/mol. The molecule has 2 aromatic rings. The van der Waals surface area contributed by atoms with Crippen LogP contribution in [-0.2, 0) is 21.2 Å². The Balaban J connectivity index is 1.49. The molecule has 2 aromatic carbocycles. The third kappa shape index (κ3) is 5.22. The molecule has 8 nitrogen and oxygen atoms in total. The summed E-state index contributed by atoms with van der Waals surface area (Å²) in [6.45, 7) is 3.13. The zero-order valence-electron chi connectivity index (χ0n) is 19.1. The number of sulfonamides is 1. The molecule has 2 fully saturated rings. The van der Waals surface area contributed by atoms with Crippen molar-refractivity contribution in [1.82, 2.24) is 15.2 Å². The number of methoxy groups -OCH3 is 1. The van der Waals surface area contributed by atoms with E-state index < -0.39 is 16.1 Å². The number of carbonyl (C=O) groups is 1. The Bertz CT molecular complexity index is 1100. The van der Waals surface area contributed by atoms with Crippen LogP contribution in [-0.4, -0.2) is 44.9 Å². The summed E-state index contributed by atoms with van der Waals surface area (Å²) < 4.78 is 33.5. The first-order valence-electron chi connectivity index (χ1n) is 11.5. The third-order valence-electron chi connectivity index (χ3n) is 6.35. The number of nitrogens with one attached hydrogen (secondary N) is 3. The summed E-state index contributed by atoms with van der Waals surface area (Å²) in [6, 6.07) is 12.4. The standard InChI is InChI=1S/C24H32N4O4S/c1-3-17-8-7-9-19(14-17)25-24(29)21-16-20(26-27-21)18-10-11-22(32-2)23(15-18)33(30,31)28-12-5-4-6-13-28/h7-11,14-15,20-21,26-27H,3-6,12-13,16H2,1-2H3,(H,25,29). The van der Waals surface area contributed by atoms with E-state index in [0.29, 0.717) is 25.3 Å². The maximum Gasteiger partial charge on any atom is 0.246 e. The maximum atomic E-state index is 13.3. The van der Waals surface area contributed by atoms with Gasteiger partial charge in [-0.25, -0.2) is 19.3 Å². The molecule has 33 heavy (non-hydrogen) atoms. The largest absolute Gasteiger partial charge is 0.495 e. The van der Waals surface area contributed by atoms with Crippen LogP contribution >= 0.6 is 0 Å². The lowest BCUT2D eigenvalue weighted by molar-refractivity contribution is -0.117. The van der Waals surface area contributed by atoms with Crippen LogP contribution in [0.1, 0.15) is 49.8 Å². The van der Waals surface area contributed by atoms with Gasteiger partial charge in [0.05, 0.1) is 7.11 Å². The normalized spacial score (nSPS) is 21.6. The molecule has 0 radical (unpaired) electrons. The molecule has 2 saturated heterocycles. The molecule has 0 spiro atoms. The number of nitrogens with zero attached hydrogens (tertiary/aromatic N) is 1. The van der Waals surface area contributed by atoms with Crippen LogP contribution in [0.3, 0.4) is 0 Å². The van der Waals surface area contributed by atoms with Crippen molar-refractivity contribution in [2.45, 2.75) is 56.0 Å². The summed E-state index contributed by atoms with van der Waals surface area (Å²) in [7, 11) is -2.17. The van der Waals surface area contributed by atoms with Crippen LogP contribution in [0.15, 0.2) is 47.4 Å². The van der Waals surface area contributed by atoms with Crippen LogP contribution in [0.2, 0.25) is 0 Å². The minimum Gasteiger partial charge on any atom is -0.495 e. The number of ether oxygens (including phenoxy) is 1. The number of hydrogen-bond acceptors (Lipinski definition) is 6. The van der Waals surface area contributed by atoms with Crippen molar-refractivity contribution in [3.63, 3.8) is 0 Å². The number of hydrogen-bond donors (Lipinski definition) is 3. The number of carbonyl (C=O) groups excluding carboxylic acids is 1. The van der Waals surface area contributed by atoms with Crippen LogP contribution in [0.5, 0.6) is 5.75 Å². The SMILES string of the molecule is CCc1cccc(NC(=O)C2CC(c3ccc(OC)c(S(=O)(=O)N4CCCCC4)c3)NN2)c1. The van der Waals surface area contributed by atoms with E-state index in [1.165, 1.54) is 7.11 Å². The quantitative estimate of drug-likeness (QED) is 0.573. The number of hydrazine groups is 1. The van der Waals surface area contributed by atoms with Gasteiger partial charge in [-0.3, -0.25) is 4.79 Å². The molecule has 2 aliphatic rings. The van der Waals surface area contributed by atoms with Crippen molar-refractivity contribution in [2.24, 2.45) is 0 Å². The number of aryl methyl sites for hydroxylation is 1. The second kappa shape index (κ2) is 10.2. The van der Waals surface area contributed by atoms with Gasteiger partial charge in [-0.2, -0.15) is 4.31 Å². The number of amides is 1. The minimum atomic E-state index is -3.65. The van der Waals surface area contributed by atoms with E-state index in [1.54, 1.807) is 16.4 Å². The monoisotopic (exact) mass is 472 g/mol. The van der Waals surface area contributed by atoms with E-state index in [2.05, 4.69) is 23.1 Å². The zero-order chi connectivity index (χ0) is 23.4. The highest BCUT2D eigenvalue weighted by Crippen LogP contribution is 2.33. The van der Waals surface area contributed by atoms with Crippen molar-refractivity contribution < 1.29 is 17.9 Å². The van der Waals surface area contributed by atoms with Crippen LogP contribution in [0.25, 0.3) is 0 Å². The molecule has 0 aliphatic carbocycles. The van der Waals surface area contributed by atoms with Crippen LogP contribution < -0.4 is 20.9 Å². The smallest absolute Gasteiger partial charge is 0.246 e. The van der Waals surface area contributed by atoms with Crippen molar-refractivity contribution >= 4 is 21.6 Å². The molecule has 2 atom stereocenters. The topological polar surface area (TPSA) is 99.8 Å². The average Bonchev–Trinajstić information content (AvgIpc) is 3.35. The van der Waals surface area contributed by atoms with Gasteiger partial charge in [0.25, 0.3) is 0 Å². The van der Waals surface area contributed by atoms with Crippen molar-refractivity contribution in [3.8, 4) is 5.75 Å². The summed E-state index contributed by atoms with van der Waals surface area (Å²) >= 11 is 0. The Morgan fingerprint density at radius 3 is 2.64 bits per heavy atom. The Hall–Kier alpha value is -2.46. The molecule has 2 unspecified atom stereocenters. The van der Waals surface area contributed by atoms with Gasteiger partial charge in [0.15, 0.2) is 0 Å². The molecule has 0 saturated carbocycles. The van der Waals surface area contributed by atoms with E-state index >= 15 is 0 Å². The zero-order valence-corrected chi connectivity index (χ0v) is 20.0. The van der Waals surface area contributed by atoms with Gasteiger partial charge in [0.1, 0.15) is 16.7 Å². The Labute approximate surface area is 195 Å². The second-order valence-corrected chi connectivity index (χ2v) is 10.5. The Morgan fingerprint density at radius 2 is 1.91 bits per heavy atom. The van der Waals surface area contributed by atoms with E-state index in [0.717, 1.165) is 42.5 Å². The summed E-state index contributed by atoms with van der Waals surface area (Å²) in [5.74, 6) is 0.202. The lowest BCUT2D eigenvalue weighted by Gasteiger charge is -2.27. The van der Waals surface area contributed by atoms with Gasteiger partial charge in [-0.1, -0.05) is 31.5 Å². The summed E-state index contributed by atoms with van der Waals surface area (Å²) in [6.07, 6.45) is 4.18. The molecular formula is C24H32N4O4S. The first kappa shape index (κ1) is 23.7. The fraction of sp³-hybridized carbons (Fsp3) is 0.458. The number of piperidine rings is 1. The summed E-state index contributed by atoms with van der Waals surface area (Å²) in [4.78, 5) is 13.0. The van der Waals surface area contributed by atoms with E-state index in [-0.39, 0.29) is 16.8 Å². The highest BCUT2D eigenvalue weighted by Gasteiger charge is 2.33. The Morgan fingerprint density at radius 1 is 1.12 bits per heavy atom. The third-order valence-corrected chi connectivity index (χ3v) is 8.27. The molecule has 178 valence electrons. The molecule has 0 bridgehead atoms. The number of rotatable bonds is 7.